The van der Waals surface area contributed by atoms with Gasteiger partial charge in [-0.25, -0.2) is 0 Å². The molecule has 1 aromatic carbocycles. The Morgan fingerprint density at radius 1 is 1.29 bits per heavy atom. The Morgan fingerprint density at radius 3 is 2.53 bits per heavy atom. The fourth-order valence-corrected chi connectivity index (χ4v) is 2.10. The first-order valence-corrected chi connectivity index (χ1v) is 5.82. The van der Waals surface area contributed by atoms with E-state index in [1.54, 1.807) is 6.07 Å². The highest BCUT2D eigenvalue weighted by Gasteiger charge is 2.31. The predicted octanol–water partition coefficient (Wildman–Crippen LogP) is 3.93. The van der Waals surface area contributed by atoms with Crippen LogP contribution in [0.4, 0.5) is 13.2 Å². The number of benzene rings is 1. The monoisotopic (exact) mass is 244 g/mol. The molecule has 0 amide bonds. The summed E-state index contributed by atoms with van der Waals surface area (Å²) in [5, 5.41) is 9.88. The molecule has 0 aliphatic heterocycles. The second kappa shape index (κ2) is 4.69. The minimum absolute atomic E-state index is 0.367. The number of hydrogen-bond donors (Lipinski definition) is 1. The van der Waals surface area contributed by atoms with Gasteiger partial charge in [-0.15, -0.1) is 0 Å². The van der Waals surface area contributed by atoms with Gasteiger partial charge in [-0.1, -0.05) is 31.4 Å². The first-order chi connectivity index (χ1) is 7.97. The summed E-state index contributed by atoms with van der Waals surface area (Å²) in [5.74, 6) is 0.472. The highest BCUT2D eigenvalue weighted by Crippen LogP contribution is 2.36. The van der Waals surface area contributed by atoms with Crippen molar-refractivity contribution in [3.05, 3.63) is 35.4 Å². The maximum Gasteiger partial charge on any atom is 0.416 e. The lowest BCUT2D eigenvalue weighted by Gasteiger charge is -2.27. The second-order valence-corrected chi connectivity index (χ2v) is 4.67. The molecule has 1 fully saturated rings. The summed E-state index contributed by atoms with van der Waals surface area (Å²) in [6.07, 6.45) is -1.22. The lowest BCUT2D eigenvalue weighted by molar-refractivity contribution is -0.137. The van der Waals surface area contributed by atoms with E-state index in [1.165, 1.54) is 12.5 Å². The Bertz CT molecular complexity index is 382. The molecular formula is C13H15F3O. The molecule has 0 heterocycles. The number of halogens is 3. The average Bonchev–Trinajstić information content (AvgIpc) is 2.22. The first-order valence-electron chi connectivity index (χ1n) is 5.82. The molecule has 1 N–H and O–H groups in total. The Labute approximate surface area is 98.3 Å². The number of aliphatic hydroxyl groups is 1. The summed E-state index contributed by atoms with van der Waals surface area (Å²) < 4.78 is 37.5. The van der Waals surface area contributed by atoms with E-state index in [-0.39, 0.29) is 0 Å². The fourth-order valence-electron chi connectivity index (χ4n) is 2.10. The molecule has 0 radical (unpaired) electrons. The molecule has 17 heavy (non-hydrogen) atoms. The maximum absolute atomic E-state index is 12.5. The van der Waals surface area contributed by atoms with Gasteiger partial charge in [0.1, 0.15) is 0 Å². The minimum atomic E-state index is -4.34. The van der Waals surface area contributed by atoms with Gasteiger partial charge in [0.25, 0.3) is 0 Å². The molecule has 1 aromatic rings. The predicted molar refractivity (Wildman–Crippen MR) is 58.4 cm³/mol. The third-order valence-electron chi connectivity index (χ3n) is 3.38. The van der Waals surface area contributed by atoms with Crippen molar-refractivity contribution in [2.24, 2.45) is 5.92 Å². The molecule has 94 valence electrons. The summed E-state index contributed by atoms with van der Waals surface area (Å²) in [4.78, 5) is 0. The van der Waals surface area contributed by atoms with Crippen molar-refractivity contribution in [2.45, 2.75) is 38.0 Å². The van der Waals surface area contributed by atoms with Crippen LogP contribution in [0.15, 0.2) is 24.3 Å². The van der Waals surface area contributed by atoms with E-state index in [1.807, 2.05) is 0 Å². The van der Waals surface area contributed by atoms with Crippen molar-refractivity contribution < 1.29 is 18.3 Å². The average molecular weight is 244 g/mol. The summed E-state index contributed by atoms with van der Waals surface area (Å²) in [6, 6.07) is 4.98. The number of aliphatic hydroxyl groups excluding tert-OH is 1. The molecule has 1 aliphatic rings. The molecule has 0 spiro atoms. The first kappa shape index (κ1) is 12.4. The van der Waals surface area contributed by atoms with Crippen LogP contribution in [0.25, 0.3) is 0 Å². The summed E-state index contributed by atoms with van der Waals surface area (Å²) in [7, 11) is 0. The lowest BCUT2D eigenvalue weighted by atomic mass is 9.80. The number of rotatable bonds is 3. The van der Waals surface area contributed by atoms with Gasteiger partial charge in [0.2, 0.25) is 0 Å². The van der Waals surface area contributed by atoms with Crippen molar-refractivity contribution in [2.75, 3.05) is 0 Å². The molecule has 0 saturated heterocycles. The quantitative estimate of drug-likeness (QED) is 0.854. The van der Waals surface area contributed by atoms with E-state index in [4.69, 9.17) is 0 Å². The summed E-state index contributed by atoms with van der Waals surface area (Å²) in [5.41, 5.74) is -0.325. The van der Waals surface area contributed by atoms with Crippen LogP contribution in [0.5, 0.6) is 0 Å². The molecule has 4 heteroatoms. The smallest absolute Gasteiger partial charge is 0.388 e. The molecular weight excluding hydrogens is 229 g/mol. The van der Waals surface area contributed by atoms with E-state index in [0.29, 0.717) is 17.9 Å². The third kappa shape index (κ3) is 3.00. The van der Waals surface area contributed by atoms with E-state index in [0.717, 1.165) is 25.0 Å². The third-order valence-corrected chi connectivity index (χ3v) is 3.38. The van der Waals surface area contributed by atoms with Crippen LogP contribution < -0.4 is 0 Å². The molecule has 0 aromatic heterocycles. The Morgan fingerprint density at radius 2 is 2.00 bits per heavy atom. The van der Waals surface area contributed by atoms with Gasteiger partial charge >= 0.3 is 6.18 Å². The zero-order valence-electron chi connectivity index (χ0n) is 9.37. The molecule has 1 aliphatic carbocycles. The highest BCUT2D eigenvalue weighted by atomic mass is 19.4. The minimum Gasteiger partial charge on any atom is -0.388 e. The van der Waals surface area contributed by atoms with Crippen LogP contribution in [-0.4, -0.2) is 5.11 Å². The Balaban J connectivity index is 2.09. The summed E-state index contributed by atoms with van der Waals surface area (Å²) in [6.45, 7) is 0. The van der Waals surface area contributed by atoms with E-state index in [9.17, 15) is 18.3 Å². The fraction of sp³-hybridized carbons (Fsp3) is 0.538. The van der Waals surface area contributed by atoms with Crippen molar-refractivity contribution in [1.82, 2.24) is 0 Å². The molecule has 1 nitrogen and oxygen atoms in total. The van der Waals surface area contributed by atoms with Gasteiger partial charge in [-0.05, 0) is 30.0 Å². The van der Waals surface area contributed by atoms with Gasteiger partial charge in [0.15, 0.2) is 0 Å². The molecule has 2 rings (SSSR count). The van der Waals surface area contributed by atoms with Crippen molar-refractivity contribution in [1.29, 1.82) is 0 Å². The zero-order valence-corrected chi connectivity index (χ0v) is 9.37. The van der Waals surface area contributed by atoms with Crippen LogP contribution in [0.3, 0.4) is 0 Å². The van der Waals surface area contributed by atoms with Gasteiger partial charge in [0, 0.05) is 0 Å². The van der Waals surface area contributed by atoms with Crippen molar-refractivity contribution in [3.8, 4) is 0 Å². The number of hydrogen-bond acceptors (Lipinski definition) is 1. The van der Waals surface area contributed by atoms with Gasteiger partial charge in [-0.3, -0.25) is 0 Å². The Kier molecular flexibility index (Phi) is 3.43. The molecule has 1 saturated carbocycles. The Hall–Kier alpha value is -1.03. The van der Waals surface area contributed by atoms with Crippen molar-refractivity contribution >= 4 is 0 Å². The number of alkyl halides is 3. The zero-order chi connectivity index (χ0) is 12.5. The van der Waals surface area contributed by atoms with Gasteiger partial charge in [0.05, 0.1) is 11.7 Å². The van der Waals surface area contributed by atoms with E-state index < -0.39 is 17.8 Å². The normalized spacial score (nSPS) is 18.8. The van der Waals surface area contributed by atoms with Gasteiger partial charge in [-0.2, -0.15) is 13.2 Å². The topological polar surface area (TPSA) is 20.2 Å². The maximum atomic E-state index is 12.5. The highest BCUT2D eigenvalue weighted by molar-refractivity contribution is 5.27. The van der Waals surface area contributed by atoms with Crippen LogP contribution >= 0.6 is 0 Å². The molecule has 1 atom stereocenters. The van der Waals surface area contributed by atoms with E-state index in [2.05, 4.69) is 0 Å². The van der Waals surface area contributed by atoms with E-state index >= 15 is 0 Å². The van der Waals surface area contributed by atoms with Crippen LogP contribution in [0.1, 0.15) is 42.9 Å². The SMILES string of the molecule is OC(CC1CCC1)c1cccc(C(F)(F)F)c1. The summed E-state index contributed by atoms with van der Waals surface area (Å²) >= 11 is 0. The largest absolute Gasteiger partial charge is 0.416 e. The lowest BCUT2D eigenvalue weighted by Crippen LogP contribution is -2.15. The van der Waals surface area contributed by atoms with Gasteiger partial charge < -0.3 is 5.11 Å². The molecule has 1 unspecified atom stereocenters. The van der Waals surface area contributed by atoms with Crippen LogP contribution in [0.2, 0.25) is 0 Å². The second-order valence-electron chi connectivity index (χ2n) is 4.67. The van der Waals surface area contributed by atoms with Crippen LogP contribution in [-0.2, 0) is 6.18 Å². The standard InChI is InChI=1S/C13H15F3O/c14-13(15,16)11-6-2-5-10(8-11)12(17)7-9-3-1-4-9/h2,5-6,8-9,12,17H,1,3-4,7H2. The van der Waals surface area contributed by atoms with Crippen LogP contribution in [0, 0.1) is 5.92 Å². The molecule has 0 bridgehead atoms. The van der Waals surface area contributed by atoms with Crippen molar-refractivity contribution in [3.63, 3.8) is 0 Å².